The summed E-state index contributed by atoms with van der Waals surface area (Å²) < 4.78 is 10.6. The molecule has 6 nitrogen and oxygen atoms in total. The second kappa shape index (κ2) is 7.97. The topological polar surface area (TPSA) is 82.3 Å². The van der Waals surface area contributed by atoms with E-state index in [1.54, 1.807) is 20.3 Å². The lowest BCUT2D eigenvalue weighted by Gasteiger charge is -2.14. The van der Waals surface area contributed by atoms with Gasteiger partial charge in [0.05, 0.1) is 19.9 Å². The van der Waals surface area contributed by atoms with Gasteiger partial charge in [-0.05, 0) is 31.2 Å². The lowest BCUT2D eigenvalue weighted by Crippen LogP contribution is -2.03. The summed E-state index contributed by atoms with van der Waals surface area (Å²) in [6.45, 7) is 2.05. The molecule has 1 heterocycles. The third-order valence-corrected chi connectivity index (χ3v) is 4.77. The molecule has 0 bridgehead atoms. The molecule has 0 aliphatic carbocycles. The van der Waals surface area contributed by atoms with Crippen molar-refractivity contribution in [3.8, 4) is 11.5 Å². The smallest absolute Gasteiger partial charge is 0.158 e. The summed E-state index contributed by atoms with van der Waals surface area (Å²) >= 11 is 1.50. The maximum atomic E-state index is 6.28. The fourth-order valence-electron chi connectivity index (χ4n) is 2.31. The van der Waals surface area contributed by atoms with Crippen LogP contribution in [0.1, 0.15) is 5.56 Å². The molecule has 0 amide bonds. The minimum absolute atomic E-state index is 0.482. The second-order valence-electron chi connectivity index (χ2n) is 5.55. The number of nitrogen functional groups attached to an aromatic ring is 1. The molecular formula is C19H20N4O2S. The molecular weight excluding hydrogens is 348 g/mol. The van der Waals surface area contributed by atoms with Crippen LogP contribution >= 0.6 is 11.8 Å². The van der Waals surface area contributed by atoms with Crippen LogP contribution in [0.5, 0.6) is 11.5 Å². The third kappa shape index (κ3) is 4.00. The molecule has 0 aliphatic rings. The van der Waals surface area contributed by atoms with Crippen molar-refractivity contribution in [3.63, 3.8) is 0 Å². The van der Waals surface area contributed by atoms with E-state index in [1.807, 2.05) is 24.3 Å². The monoisotopic (exact) mass is 368 g/mol. The Morgan fingerprint density at radius 3 is 2.46 bits per heavy atom. The zero-order valence-electron chi connectivity index (χ0n) is 14.8. The first-order valence-electron chi connectivity index (χ1n) is 7.94. The number of anilines is 3. The first kappa shape index (κ1) is 17.9. The molecule has 0 fully saturated rings. The second-order valence-corrected chi connectivity index (χ2v) is 6.61. The van der Waals surface area contributed by atoms with Crippen molar-refractivity contribution in [2.45, 2.75) is 16.8 Å². The quantitative estimate of drug-likeness (QED) is 0.628. The van der Waals surface area contributed by atoms with E-state index in [1.165, 1.54) is 23.7 Å². The Hall–Kier alpha value is -2.93. The van der Waals surface area contributed by atoms with E-state index in [0.29, 0.717) is 28.0 Å². The third-order valence-electron chi connectivity index (χ3n) is 3.74. The summed E-state index contributed by atoms with van der Waals surface area (Å²) in [6, 6.07) is 13.7. The van der Waals surface area contributed by atoms with Crippen LogP contribution in [0.3, 0.4) is 0 Å². The van der Waals surface area contributed by atoms with E-state index < -0.39 is 0 Å². The van der Waals surface area contributed by atoms with Gasteiger partial charge in [0.1, 0.15) is 28.5 Å². The van der Waals surface area contributed by atoms with Crippen molar-refractivity contribution in [2.75, 3.05) is 25.3 Å². The van der Waals surface area contributed by atoms with E-state index in [0.717, 1.165) is 10.6 Å². The zero-order valence-corrected chi connectivity index (χ0v) is 15.6. The van der Waals surface area contributed by atoms with Crippen molar-refractivity contribution in [3.05, 3.63) is 54.4 Å². The molecule has 2 aromatic carbocycles. The fraction of sp³-hybridized carbons (Fsp3) is 0.158. The SMILES string of the molecule is COc1ccc(Nc2ncnc(Sc3ccc(C)cc3)c2N)c(OC)c1. The molecule has 3 N–H and O–H groups in total. The largest absolute Gasteiger partial charge is 0.497 e. The van der Waals surface area contributed by atoms with Gasteiger partial charge in [-0.25, -0.2) is 9.97 Å². The standard InChI is InChI=1S/C19H20N4O2S/c1-12-4-7-14(8-5-12)26-19-17(20)18(21-11-22-19)23-15-9-6-13(24-2)10-16(15)25-3/h4-11H,20H2,1-3H3,(H,21,22,23). The van der Waals surface area contributed by atoms with Gasteiger partial charge in [0.15, 0.2) is 5.82 Å². The zero-order chi connectivity index (χ0) is 18.5. The first-order valence-corrected chi connectivity index (χ1v) is 8.76. The molecule has 1 aromatic heterocycles. The highest BCUT2D eigenvalue weighted by atomic mass is 32.2. The van der Waals surface area contributed by atoms with E-state index in [2.05, 4.69) is 34.3 Å². The highest BCUT2D eigenvalue weighted by Gasteiger charge is 2.12. The Morgan fingerprint density at radius 1 is 1.00 bits per heavy atom. The predicted octanol–water partition coefficient (Wildman–Crippen LogP) is 4.28. The number of benzene rings is 2. The molecule has 0 atom stereocenters. The predicted molar refractivity (Wildman–Crippen MR) is 105 cm³/mol. The number of aromatic nitrogens is 2. The van der Waals surface area contributed by atoms with Crippen molar-refractivity contribution in [2.24, 2.45) is 0 Å². The Labute approximate surface area is 156 Å². The number of nitrogens with one attached hydrogen (secondary N) is 1. The summed E-state index contributed by atoms with van der Waals surface area (Å²) in [4.78, 5) is 9.63. The van der Waals surface area contributed by atoms with E-state index in [-0.39, 0.29) is 0 Å². The highest BCUT2D eigenvalue weighted by molar-refractivity contribution is 7.99. The van der Waals surface area contributed by atoms with Gasteiger partial charge >= 0.3 is 0 Å². The minimum atomic E-state index is 0.482. The molecule has 0 spiro atoms. The first-order chi connectivity index (χ1) is 12.6. The maximum absolute atomic E-state index is 6.28. The van der Waals surface area contributed by atoms with Crippen LogP contribution < -0.4 is 20.5 Å². The Bertz CT molecular complexity index is 901. The Balaban J connectivity index is 1.86. The van der Waals surface area contributed by atoms with Crippen LogP contribution in [-0.4, -0.2) is 24.2 Å². The molecule has 0 saturated heterocycles. The average Bonchev–Trinajstić information content (AvgIpc) is 2.67. The molecule has 0 unspecified atom stereocenters. The summed E-state index contributed by atoms with van der Waals surface area (Å²) in [5.74, 6) is 1.87. The molecule has 26 heavy (non-hydrogen) atoms. The lowest BCUT2D eigenvalue weighted by atomic mass is 10.2. The summed E-state index contributed by atoms with van der Waals surface area (Å²) in [7, 11) is 3.21. The van der Waals surface area contributed by atoms with Crippen LogP contribution in [0.4, 0.5) is 17.2 Å². The van der Waals surface area contributed by atoms with Crippen LogP contribution in [0.15, 0.2) is 58.7 Å². The van der Waals surface area contributed by atoms with Crippen molar-refractivity contribution >= 4 is 29.0 Å². The van der Waals surface area contributed by atoms with Gasteiger partial charge in [-0.3, -0.25) is 0 Å². The molecule has 3 aromatic rings. The van der Waals surface area contributed by atoms with Crippen molar-refractivity contribution < 1.29 is 9.47 Å². The molecule has 3 rings (SSSR count). The molecule has 0 saturated carbocycles. The number of nitrogens with zero attached hydrogens (tertiary/aromatic N) is 2. The van der Waals surface area contributed by atoms with Gasteiger partial charge in [-0.2, -0.15) is 0 Å². The van der Waals surface area contributed by atoms with Gasteiger partial charge < -0.3 is 20.5 Å². The molecule has 134 valence electrons. The van der Waals surface area contributed by atoms with Gasteiger partial charge in [0.25, 0.3) is 0 Å². The van der Waals surface area contributed by atoms with Gasteiger partial charge in [0.2, 0.25) is 0 Å². The van der Waals surface area contributed by atoms with E-state index >= 15 is 0 Å². The molecule has 0 radical (unpaired) electrons. The van der Waals surface area contributed by atoms with Crippen molar-refractivity contribution in [1.82, 2.24) is 9.97 Å². The maximum Gasteiger partial charge on any atom is 0.158 e. The lowest BCUT2D eigenvalue weighted by molar-refractivity contribution is 0.395. The normalized spacial score (nSPS) is 10.4. The fourth-order valence-corrected chi connectivity index (χ4v) is 3.11. The van der Waals surface area contributed by atoms with Crippen molar-refractivity contribution in [1.29, 1.82) is 0 Å². The van der Waals surface area contributed by atoms with Gasteiger partial charge in [0, 0.05) is 11.0 Å². The average molecular weight is 368 g/mol. The van der Waals surface area contributed by atoms with Crippen LogP contribution in [0.2, 0.25) is 0 Å². The minimum Gasteiger partial charge on any atom is -0.497 e. The van der Waals surface area contributed by atoms with E-state index in [4.69, 9.17) is 15.2 Å². The van der Waals surface area contributed by atoms with Gasteiger partial charge in [-0.15, -0.1) is 0 Å². The number of rotatable bonds is 6. The number of aryl methyl sites for hydroxylation is 1. The molecule has 7 heteroatoms. The summed E-state index contributed by atoms with van der Waals surface area (Å²) in [5, 5.41) is 3.90. The summed E-state index contributed by atoms with van der Waals surface area (Å²) in [5.41, 5.74) is 8.71. The number of hydrogen-bond acceptors (Lipinski definition) is 7. The van der Waals surface area contributed by atoms with Crippen LogP contribution in [-0.2, 0) is 0 Å². The highest BCUT2D eigenvalue weighted by Crippen LogP contribution is 2.36. The van der Waals surface area contributed by atoms with Gasteiger partial charge in [-0.1, -0.05) is 29.5 Å². The number of nitrogens with two attached hydrogens (primary N) is 1. The van der Waals surface area contributed by atoms with E-state index in [9.17, 15) is 0 Å². The number of hydrogen-bond donors (Lipinski definition) is 2. The Morgan fingerprint density at radius 2 is 1.77 bits per heavy atom. The van der Waals surface area contributed by atoms with Crippen LogP contribution in [0.25, 0.3) is 0 Å². The number of methoxy groups -OCH3 is 2. The van der Waals surface area contributed by atoms with Crippen LogP contribution in [0, 0.1) is 6.92 Å². The number of ether oxygens (including phenoxy) is 2. The summed E-state index contributed by atoms with van der Waals surface area (Å²) in [6.07, 6.45) is 1.49. The molecule has 0 aliphatic heterocycles. The Kier molecular flexibility index (Phi) is 5.48.